The third-order valence-corrected chi connectivity index (χ3v) is 4.54. The fourth-order valence-electron chi connectivity index (χ4n) is 3.27. The third kappa shape index (κ3) is 1.75. The van der Waals surface area contributed by atoms with Gasteiger partial charge in [-0.05, 0) is 18.4 Å². The van der Waals surface area contributed by atoms with Crippen LogP contribution in [0.2, 0.25) is 5.02 Å². The van der Waals surface area contributed by atoms with E-state index in [4.69, 9.17) is 17.3 Å². The maximum atomic E-state index is 6.67. The summed E-state index contributed by atoms with van der Waals surface area (Å²) in [5.41, 5.74) is 8.95. The number of hydrogen-bond donors (Lipinski definition) is 1. The number of aromatic nitrogens is 1. The summed E-state index contributed by atoms with van der Waals surface area (Å²) < 4.78 is 2.11. The second-order valence-electron chi connectivity index (χ2n) is 5.51. The van der Waals surface area contributed by atoms with Crippen LogP contribution in [0.5, 0.6) is 0 Å². The number of benzene rings is 1. The van der Waals surface area contributed by atoms with Crippen molar-refractivity contribution in [1.29, 1.82) is 0 Å². The van der Waals surface area contributed by atoms with E-state index in [1.54, 1.807) is 0 Å². The number of rotatable bonds is 1. The Morgan fingerprint density at radius 1 is 1.22 bits per heavy atom. The highest BCUT2D eigenvalue weighted by Crippen LogP contribution is 2.39. The van der Waals surface area contributed by atoms with E-state index in [1.165, 1.54) is 30.3 Å². The summed E-state index contributed by atoms with van der Waals surface area (Å²) in [7, 11) is 2.05. The van der Waals surface area contributed by atoms with Crippen LogP contribution in [0.25, 0.3) is 10.9 Å². The summed E-state index contributed by atoms with van der Waals surface area (Å²) >= 11 is 6.27. The summed E-state index contributed by atoms with van der Waals surface area (Å²) in [6, 6.07) is 6.32. The molecule has 96 valence electrons. The minimum Gasteiger partial charge on any atom is -0.349 e. The van der Waals surface area contributed by atoms with Crippen LogP contribution >= 0.6 is 11.6 Å². The van der Waals surface area contributed by atoms with Gasteiger partial charge in [-0.25, -0.2) is 0 Å². The highest BCUT2D eigenvalue weighted by molar-refractivity contribution is 6.35. The van der Waals surface area contributed by atoms with Crippen molar-refractivity contribution in [1.82, 2.24) is 4.57 Å². The molecule has 2 nitrogen and oxygen atoms in total. The molecule has 3 rings (SSSR count). The maximum absolute atomic E-state index is 6.67. The number of para-hydroxylation sites is 1. The topological polar surface area (TPSA) is 30.9 Å². The van der Waals surface area contributed by atoms with E-state index in [0.29, 0.717) is 0 Å². The minimum absolute atomic E-state index is 0.173. The van der Waals surface area contributed by atoms with Crippen LogP contribution in [-0.4, -0.2) is 4.57 Å². The highest BCUT2D eigenvalue weighted by Gasteiger charge is 2.31. The summed E-state index contributed by atoms with van der Waals surface area (Å²) in [6.45, 7) is 0. The maximum Gasteiger partial charge on any atom is 0.0661 e. The molecule has 0 spiro atoms. The van der Waals surface area contributed by atoms with E-state index in [1.807, 2.05) is 13.2 Å². The molecular formula is C15H19ClN2. The fraction of sp³-hybridized carbons (Fsp3) is 0.467. The van der Waals surface area contributed by atoms with Crippen molar-refractivity contribution >= 4 is 22.5 Å². The zero-order valence-corrected chi connectivity index (χ0v) is 11.5. The van der Waals surface area contributed by atoms with Gasteiger partial charge in [0.05, 0.1) is 10.5 Å². The molecule has 18 heavy (non-hydrogen) atoms. The zero-order valence-electron chi connectivity index (χ0n) is 10.7. The monoisotopic (exact) mass is 262 g/mol. The molecule has 1 aliphatic carbocycles. The lowest BCUT2D eigenvalue weighted by Gasteiger charge is -2.34. The van der Waals surface area contributed by atoms with E-state index in [2.05, 4.69) is 22.8 Å². The largest absolute Gasteiger partial charge is 0.349 e. The van der Waals surface area contributed by atoms with Crippen LogP contribution in [0, 0.1) is 0 Å². The molecule has 0 saturated heterocycles. The van der Waals surface area contributed by atoms with Crippen LogP contribution in [0.1, 0.15) is 37.7 Å². The van der Waals surface area contributed by atoms with Crippen molar-refractivity contribution in [3.05, 3.63) is 35.0 Å². The van der Waals surface area contributed by atoms with Crippen molar-refractivity contribution < 1.29 is 0 Å². The number of nitrogens with zero attached hydrogens (tertiary/aromatic N) is 1. The Bertz CT molecular complexity index is 579. The smallest absolute Gasteiger partial charge is 0.0661 e. The Morgan fingerprint density at radius 3 is 2.67 bits per heavy atom. The Morgan fingerprint density at radius 2 is 1.94 bits per heavy atom. The normalized spacial score (nSPS) is 19.3. The lowest BCUT2D eigenvalue weighted by atomic mass is 9.77. The van der Waals surface area contributed by atoms with E-state index >= 15 is 0 Å². The summed E-state index contributed by atoms with van der Waals surface area (Å²) in [6.07, 6.45) is 7.89. The molecule has 1 aromatic carbocycles. The van der Waals surface area contributed by atoms with Gasteiger partial charge in [0, 0.05) is 24.2 Å². The molecule has 0 amide bonds. The molecule has 1 heterocycles. The van der Waals surface area contributed by atoms with Crippen LogP contribution < -0.4 is 5.73 Å². The second-order valence-corrected chi connectivity index (χ2v) is 5.91. The third-order valence-electron chi connectivity index (χ3n) is 4.24. The number of nitrogens with two attached hydrogens (primary N) is 1. The van der Waals surface area contributed by atoms with Gasteiger partial charge in [-0.2, -0.15) is 0 Å². The van der Waals surface area contributed by atoms with Crippen molar-refractivity contribution in [3.8, 4) is 0 Å². The Balaban J connectivity index is 2.22. The number of fused-ring (bicyclic) bond motifs is 1. The lowest BCUT2D eigenvalue weighted by Crippen LogP contribution is -2.39. The predicted octanol–water partition coefficient (Wildman–Crippen LogP) is 3.95. The highest BCUT2D eigenvalue weighted by atomic mass is 35.5. The van der Waals surface area contributed by atoms with Gasteiger partial charge in [0.2, 0.25) is 0 Å². The molecule has 0 radical (unpaired) electrons. The predicted molar refractivity (Wildman–Crippen MR) is 76.9 cm³/mol. The Labute approximate surface area is 113 Å². The van der Waals surface area contributed by atoms with Gasteiger partial charge in [0.15, 0.2) is 0 Å². The molecule has 0 aliphatic heterocycles. The average Bonchev–Trinajstić information content (AvgIpc) is 2.66. The lowest BCUT2D eigenvalue weighted by molar-refractivity contribution is 0.304. The minimum atomic E-state index is -0.173. The van der Waals surface area contributed by atoms with Gasteiger partial charge < -0.3 is 10.3 Å². The molecule has 1 saturated carbocycles. The molecule has 0 bridgehead atoms. The first-order chi connectivity index (χ1) is 8.62. The van der Waals surface area contributed by atoms with Gasteiger partial charge in [-0.3, -0.25) is 0 Å². The van der Waals surface area contributed by atoms with E-state index < -0.39 is 0 Å². The molecule has 1 aromatic heterocycles. The quantitative estimate of drug-likeness (QED) is 0.829. The molecule has 0 atom stereocenters. The van der Waals surface area contributed by atoms with Crippen LogP contribution in [0.15, 0.2) is 24.4 Å². The summed E-state index contributed by atoms with van der Waals surface area (Å²) in [5.74, 6) is 0. The number of halogens is 1. The fourth-order valence-corrected chi connectivity index (χ4v) is 3.57. The number of hydrogen-bond acceptors (Lipinski definition) is 1. The summed E-state index contributed by atoms with van der Waals surface area (Å²) in [5, 5.41) is 1.93. The molecule has 1 aliphatic rings. The first kappa shape index (κ1) is 12.1. The molecule has 0 unspecified atom stereocenters. The van der Waals surface area contributed by atoms with Crippen LogP contribution in [0.3, 0.4) is 0 Å². The van der Waals surface area contributed by atoms with Crippen molar-refractivity contribution in [2.24, 2.45) is 12.8 Å². The summed E-state index contributed by atoms with van der Waals surface area (Å²) in [4.78, 5) is 0. The van der Waals surface area contributed by atoms with Crippen molar-refractivity contribution in [3.63, 3.8) is 0 Å². The Kier molecular flexibility index (Phi) is 2.87. The zero-order chi connectivity index (χ0) is 12.8. The Hall–Kier alpha value is -0.990. The van der Waals surface area contributed by atoms with E-state index in [9.17, 15) is 0 Å². The average molecular weight is 263 g/mol. The van der Waals surface area contributed by atoms with Crippen molar-refractivity contribution in [2.75, 3.05) is 0 Å². The molecule has 2 N–H and O–H groups in total. The first-order valence-corrected chi connectivity index (χ1v) is 7.02. The molecule has 3 heteroatoms. The number of aryl methyl sites for hydroxylation is 1. The molecule has 2 aromatic rings. The molecular weight excluding hydrogens is 244 g/mol. The second kappa shape index (κ2) is 4.29. The molecule has 1 fully saturated rings. The van der Waals surface area contributed by atoms with Gasteiger partial charge in [-0.15, -0.1) is 0 Å². The van der Waals surface area contributed by atoms with E-state index in [-0.39, 0.29) is 5.54 Å². The van der Waals surface area contributed by atoms with Gasteiger partial charge in [0.25, 0.3) is 0 Å². The van der Waals surface area contributed by atoms with Gasteiger partial charge in [-0.1, -0.05) is 49.1 Å². The first-order valence-electron chi connectivity index (χ1n) is 6.65. The standard InChI is InChI=1S/C15H19ClN2/c1-18-10-13(16)11-6-5-7-12(14(11)18)15(17)8-3-2-4-9-15/h5-7,10H,2-4,8-9,17H2,1H3. The van der Waals surface area contributed by atoms with Gasteiger partial charge in [0.1, 0.15) is 0 Å². The van der Waals surface area contributed by atoms with Gasteiger partial charge >= 0.3 is 0 Å². The van der Waals surface area contributed by atoms with Crippen LogP contribution in [-0.2, 0) is 12.6 Å². The SMILES string of the molecule is Cn1cc(Cl)c2cccc(C3(N)CCCCC3)c21. The van der Waals surface area contributed by atoms with E-state index in [0.717, 1.165) is 23.3 Å². The van der Waals surface area contributed by atoms with Crippen molar-refractivity contribution in [2.45, 2.75) is 37.6 Å². The van der Waals surface area contributed by atoms with Crippen LogP contribution in [0.4, 0.5) is 0 Å².